The van der Waals surface area contributed by atoms with E-state index >= 15 is 0 Å². The SMILES string of the molecule is CCn1c(NC(=O)CN2C(=O)N(C)C3(CCCCC3)C2=O)nc2ccccc21. The molecule has 0 bridgehead atoms. The summed E-state index contributed by atoms with van der Waals surface area (Å²) in [4.78, 5) is 45.4. The normalized spacial score (nSPS) is 19.1. The van der Waals surface area contributed by atoms with Gasteiger partial charge in [-0.2, -0.15) is 0 Å². The van der Waals surface area contributed by atoms with Crippen molar-refractivity contribution in [2.24, 2.45) is 0 Å². The molecule has 1 aliphatic carbocycles. The Morgan fingerprint density at radius 1 is 1.18 bits per heavy atom. The van der Waals surface area contributed by atoms with Gasteiger partial charge in [0.25, 0.3) is 5.91 Å². The van der Waals surface area contributed by atoms with E-state index in [1.54, 1.807) is 7.05 Å². The zero-order valence-corrected chi connectivity index (χ0v) is 16.3. The zero-order chi connectivity index (χ0) is 19.9. The largest absolute Gasteiger partial charge is 0.327 e. The summed E-state index contributed by atoms with van der Waals surface area (Å²) in [6.45, 7) is 2.32. The highest BCUT2D eigenvalue weighted by Gasteiger charge is 2.55. The fraction of sp³-hybridized carbons (Fsp3) is 0.500. The Labute approximate surface area is 163 Å². The number of aryl methyl sites for hydroxylation is 1. The van der Waals surface area contributed by atoms with Gasteiger partial charge in [0.05, 0.1) is 11.0 Å². The Morgan fingerprint density at radius 3 is 2.61 bits per heavy atom. The molecule has 8 nitrogen and oxygen atoms in total. The molecule has 0 atom stereocenters. The van der Waals surface area contributed by atoms with E-state index in [2.05, 4.69) is 10.3 Å². The van der Waals surface area contributed by atoms with E-state index in [1.165, 1.54) is 4.90 Å². The number of aromatic nitrogens is 2. The number of nitrogens with zero attached hydrogens (tertiary/aromatic N) is 4. The molecule has 0 radical (unpaired) electrons. The van der Waals surface area contributed by atoms with Gasteiger partial charge in [0.2, 0.25) is 11.9 Å². The van der Waals surface area contributed by atoms with Crippen LogP contribution in [0.4, 0.5) is 10.7 Å². The third-order valence-electron chi connectivity index (χ3n) is 6.01. The van der Waals surface area contributed by atoms with Crippen LogP contribution in [0.1, 0.15) is 39.0 Å². The molecule has 2 fully saturated rings. The van der Waals surface area contributed by atoms with Crippen LogP contribution < -0.4 is 5.32 Å². The molecule has 1 spiro atoms. The molecule has 1 aromatic carbocycles. The molecule has 148 valence electrons. The summed E-state index contributed by atoms with van der Waals surface area (Å²) >= 11 is 0. The summed E-state index contributed by atoms with van der Waals surface area (Å²) in [7, 11) is 1.67. The summed E-state index contributed by atoms with van der Waals surface area (Å²) in [6, 6.07) is 7.24. The van der Waals surface area contributed by atoms with E-state index < -0.39 is 17.5 Å². The summed E-state index contributed by atoms with van der Waals surface area (Å²) in [5, 5.41) is 2.77. The van der Waals surface area contributed by atoms with Gasteiger partial charge in [-0.3, -0.25) is 19.8 Å². The first kappa shape index (κ1) is 18.5. The summed E-state index contributed by atoms with van der Waals surface area (Å²) in [5.41, 5.74) is 0.940. The lowest BCUT2D eigenvalue weighted by Gasteiger charge is -2.35. The summed E-state index contributed by atoms with van der Waals surface area (Å²) < 4.78 is 1.90. The highest BCUT2D eigenvalue weighted by Crippen LogP contribution is 2.39. The van der Waals surface area contributed by atoms with Gasteiger partial charge in [-0.25, -0.2) is 9.78 Å². The van der Waals surface area contributed by atoms with Crippen LogP contribution in [0.15, 0.2) is 24.3 Å². The van der Waals surface area contributed by atoms with E-state index in [1.807, 2.05) is 35.8 Å². The Bertz CT molecular complexity index is 944. The van der Waals surface area contributed by atoms with Gasteiger partial charge in [0, 0.05) is 13.6 Å². The van der Waals surface area contributed by atoms with Gasteiger partial charge in [-0.05, 0) is 31.9 Å². The Kier molecular flexibility index (Phi) is 4.56. The minimum absolute atomic E-state index is 0.251. The van der Waals surface area contributed by atoms with Gasteiger partial charge in [0.15, 0.2) is 0 Å². The lowest BCUT2D eigenvalue weighted by atomic mass is 9.81. The number of imidazole rings is 1. The van der Waals surface area contributed by atoms with Crippen LogP contribution >= 0.6 is 0 Å². The smallest absolute Gasteiger partial charge is 0.313 e. The van der Waals surface area contributed by atoms with Crippen molar-refractivity contribution in [1.29, 1.82) is 0 Å². The van der Waals surface area contributed by atoms with E-state index in [4.69, 9.17) is 0 Å². The number of hydrogen-bond acceptors (Lipinski definition) is 4. The van der Waals surface area contributed by atoms with Crippen molar-refractivity contribution >= 4 is 34.8 Å². The molecule has 1 aromatic heterocycles. The lowest BCUT2D eigenvalue weighted by molar-refractivity contribution is -0.136. The van der Waals surface area contributed by atoms with Gasteiger partial charge in [0.1, 0.15) is 12.1 Å². The molecule has 0 unspecified atom stereocenters. The molecule has 28 heavy (non-hydrogen) atoms. The first-order valence-electron chi connectivity index (χ1n) is 9.83. The maximum atomic E-state index is 13.0. The average Bonchev–Trinajstić information content (AvgIpc) is 3.13. The molecule has 4 amide bonds. The number of para-hydroxylation sites is 2. The standard InChI is InChI=1S/C20H25N5O3/c1-3-24-15-10-6-5-9-14(15)21-18(24)22-16(26)13-25-17(27)20(23(2)19(25)28)11-7-4-8-12-20/h5-6,9-10H,3-4,7-8,11-13H2,1-2H3,(H,21,22,26). The van der Waals surface area contributed by atoms with Crippen LogP contribution in [-0.4, -0.2) is 56.3 Å². The third-order valence-corrected chi connectivity index (χ3v) is 6.01. The number of urea groups is 1. The number of likely N-dealkylation sites (N-methyl/N-ethyl adjacent to an activating group) is 1. The molecule has 1 saturated carbocycles. The molecule has 2 aliphatic rings. The predicted octanol–water partition coefficient (Wildman–Crippen LogP) is 2.59. The van der Waals surface area contributed by atoms with Crippen molar-refractivity contribution in [2.75, 3.05) is 18.9 Å². The quantitative estimate of drug-likeness (QED) is 0.822. The van der Waals surface area contributed by atoms with Crippen molar-refractivity contribution in [3.63, 3.8) is 0 Å². The monoisotopic (exact) mass is 383 g/mol. The topological polar surface area (TPSA) is 87.5 Å². The van der Waals surface area contributed by atoms with E-state index in [0.29, 0.717) is 25.3 Å². The van der Waals surface area contributed by atoms with Crippen molar-refractivity contribution in [3.05, 3.63) is 24.3 Å². The van der Waals surface area contributed by atoms with Gasteiger partial charge in [-0.1, -0.05) is 31.4 Å². The minimum Gasteiger partial charge on any atom is -0.313 e. The maximum absolute atomic E-state index is 13.0. The van der Waals surface area contributed by atoms with Crippen molar-refractivity contribution in [1.82, 2.24) is 19.4 Å². The van der Waals surface area contributed by atoms with Crippen molar-refractivity contribution < 1.29 is 14.4 Å². The van der Waals surface area contributed by atoms with Crippen LogP contribution in [0, 0.1) is 0 Å². The number of rotatable bonds is 4. The van der Waals surface area contributed by atoms with Crippen molar-refractivity contribution in [3.8, 4) is 0 Å². The number of benzene rings is 1. The molecular weight excluding hydrogens is 358 g/mol. The second-order valence-corrected chi connectivity index (χ2v) is 7.54. The third kappa shape index (κ3) is 2.75. The second-order valence-electron chi connectivity index (χ2n) is 7.54. The Morgan fingerprint density at radius 2 is 1.89 bits per heavy atom. The predicted molar refractivity (Wildman–Crippen MR) is 105 cm³/mol. The fourth-order valence-electron chi connectivity index (χ4n) is 4.47. The highest BCUT2D eigenvalue weighted by molar-refractivity contribution is 6.10. The van der Waals surface area contributed by atoms with Crippen LogP contribution in [-0.2, 0) is 16.1 Å². The van der Waals surface area contributed by atoms with Gasteiger partial charge in [-0.15, -0.1) is 0 Å². The summed E-state index contributed by atoms with van der Waals surface area (Å²) in [6.07, 6.45) is 4.24. The fourth-order valence-corrected chi connectivity index (χ4v) is 4.47. The molecule has 2 aromatic rings. The molecule has 1 aliphatic heterocycles. The van der Waals surface area contributed by atoms with Crippen molar-refractivity contribution in [2.45, 2.75) is 51.1 Å². The van der Waals surface area contributed by atoms with E-state index in [-0.39, 0.29) is 12.5 Å². The van der Waals surface area contributed by atoms with Crippen LogP contribution in [0.2, 0.25) is 0 Å². The van der Waals surface area contributed by atoms with E-state index in [0.717, 1.165) is 35.2 Å². The molecular formula is C20H25N5O3. The number of hydrogen-bond donors (Lipinski definition) is 1. The molecule has 2 heterocycles. The molecule has 8 heteroatoms. The minimum atomic E-state index is -0.772. The number of carbonyl (C=O) groups is 3. The number of carbonyl (C=O) groups excluding carboxylic acids is 3. The zero-order valence-electron chi connectivity index (χ0n) is 16.3. The first-order chi connectivity index (χ1) is 13.5. The highest BCUT2D eigenvalue weighted by atomic mass is 16.2. The molecule has 1 N–H and O–H groups in total. The number of nitrogens with one attached hydrogen (secondary N) is 1. The number of amides is 4. The Balaban J connectivity index is 1.53. The van der Waals surface area contributed by atoms with Crippen LogP contribution in [0.5, 0.6) is 0 Å². The van der Waals surface area contributed by atoms with Crippen LogP contribution in [0.3, 0.4) is 0 Å². The first-order valence-corrected chi connectivity index (χ1v) is 9.83. The maximum Gasteiger partial charge on any atom is 0.327 e. The average molecular weight is 383 g/mol. The van der Waals surface area contributed by atoms with Crippen LogP contribution in [0.25, 0.3) is 11.0 Å². The molecule has 1 saturated heterocycles. The van der Waals surface area contributed by atoms with Gasteiger partial charge < -0.3 is 9.47 Å². The lowest BCUT2D eigenvalue weighted by Crippen LogP contribution is -2.49. The Hall–Kier alpha value is -2.90. The number of imide groups is 1. The summed E-state index contributed by atoms with van der Waals surface area (Å²) in [5.74, 6) is -0.250. The van der Waals surface area contributed by atoms with E-state index in [9.17, 15) is 14.4 Å². The van der Waals surface area contributed by atoms with Gasteiger partial charge >= 0.3 is 6.03 Å². The number of fused-ring (bicyclic) bond motifs is 1. The molecule has 4 rings (SSSR count). The number of anilines is 1. The second kappa shape index (κ2) is 6.92.